The van der Waals surface area contributed by atoms with Crippen LogP contribution < -0.4 is 9.62 Å². The lowest BCUT2D eigenvalue weighted by atomic mass is 10.1. The number of benzene rings is 2. The Kier molecular flexibility index (Phi) is 4.04. The standard InChI is InChI=1S/C17H17FN2O3S/c1-11-3-6-15(14(18)9-11)19-17(21)13-5-4-12-7-8-20(16(12)10-13)24(2,22)23/h3-6,9-10H,7-8H2,1-2H3,(H,19,21). The Hall–Kier alpha value is -2.41. The SMILES string of the molecule is Cc1ccc(NC(=O)c2ccc3c(c2)N(S(C)(=O)=O)CC3)c(F)c1. The number of nitrogens with zero attached hydrogens (tertiary/aromatic N) is 1. The Balaban J connectivity index is 1.89. The van der Waals surface area contributed by atoms with Gasteiger partial charge in [0.1, 0.15) is 5.82 Å². The minimum absolute atomic E-state index is 0.0890. The first-order valence-electron chi connectivity index (χ1n) is 7.44. The molecule has 1 heterocycles. The number of halogens is 1. The molecule has 7 heteroatoms. The van der Waals surface area contributed by atoms with E-state index in [-0.39, 0.29) is 11.3 Å². The minimum atomic E-state index is -3.39. The van der Waals surface area contributed by atoms with Crippen molar-refractivity contribution in [2.24, 2.45) is 0 Å². The van der Waals surface area contributed by atoms with Crippen LogP contribution in [0.15, 0.2) is 36.4 Å². The van der Waals surface area contributed by atoms with E-state index in [1.54, 1.807) is 25.1 Å². The summed E-state index contributed by atoms with van der Waals surface area (Å²) in [4.78, 5) is 12.4. The second-order valence-corrected chi connectivity index (χ2v) is 7.77. The zero-order valence-corrected chi connectivity index (χ0v) is 14.2. The molecule has 0 aromatic heterocycles. The second-order valence-electron chi connectivity index (χ2n) is 5.87. The fraction of sp³-hybridized carbons (Fsp3) is 0.235. The molecular weight excluding hydrogens is 331 g/mol. The van der Waals surface area contributed by atoms with Gasteiger partial charge in [0.05, 0.1) is 17.6 Å². The third-order valence-corrected chi connectivity index (χ3v) is 5.15. The summed E-state index contributed by atoms with van der Waals surface area (Å²) in [6.07, 6.45) is 1.74. The number of fused-ring (bicyclic) bond motifs is 1. The molecule has 0 atom stereocenters. The van der Waals surface area contributed by atoms with Gasteiger partial charge >= 0.3 is 0 Å². The third-order valence-electron chi connectivity index (χ3n) is 3.97. The van der Waals surface area contributed by atoms with Crippen LogP contribution in [-0.2, 0) is 16.4 Å². The van der Waals surface area contributed by atoms with Crippen LogP contribution in [0.4, 0.5) is 15.8 Å². The van der Waals surface area contributed by atoms with Crippen LogP contribution in [0.25, 0.3) is 0 Å². The van der Waals surface area contributed by atoms with Crippen molar-refractivity contribution >= 4 is 27.3 Å². The summed E-state index contributed by atoms with van der Waals surface area (Å²) >= 11 is 0. The number of hydrogen-bond donors (Lipinski definition) is 1. The van der Waals surface area contributed by atoms with Crippen LogP contribution >= 0.6 is 0 Å². The number of carbonyl (C=O) groups is 1. The Labute approximate surface area is 140 Å². The highest BCUT2D eigenvalue weighted by molar-refractivity contribution is 7.92. The van der Waals surface area contributed by atoms with Gasteiger partial charge in [-0.15, -0.1) is 0 Å². The molecule has 1 N–H and O–H groups in total. The Morgan fingerprint density at radius 3 is 2.62 bits per heavy atom. The van der Waals surface area contributed by atoms with Gasteiger partial charge in [0.25, 0.3) is 5.91 Å². The Bertz CT molecular complexity index is 925. The molecule has 1 aliphatic heterocycles. The van der Waals surface area contributed by atoms with E-state index in [1.165, 1.54) is 22.5 Å². The molecule has 1 aliphatic rings. The van der Waals surface area contributed by atoms with Gasteiger partial charge in [-0.1, -0.05) is 12.1 Å². The first-order valence-corrected chi connectivity index (χ1v) is 9.29. The van der Waals surface area contributed by atoms with Gasteiger partial charge in [-0.2, -0.15) is 0 Å². The van der Waals surface area contributed by atoms with E-state index in [9.17, 15) is 17.6 Å². The van der Waals surface area contributed by atoms with Gasteiger partial charge in [-0.25, -0.2) is 12.8 Å². The molecule has 0 spiro atoms. The lowest BCUT2D eigenvalue weighted by Gasteiger charge is -2.17. The van der Waals surface area contributed by atoms with E-state index < -0.39 is 21.7 Å². The fourth-order valence-electron chi connectivity index (χ4n) is 2.75. The third kappa shape index (κ3) is 3.12. The topological polar surface area (TPSA) is 66.5 Å². The Morgan fingerprint density at radius 1 is 1.21 bits per heavy atom. The molecule has 0 unspecified atom stereocenters. The van der Waals surface area contributed by atoms with Crippen LogP contribution in [0.1, 0.15) is 21.5 Å². The van der Waals surface area contributed by atoms with Crippen LogP contribution in [0, 0.1) is 12.7 Å². The molecule has 0 bridgehead atoms. The highest BCUT2D eigenvalue weighted by atomic mass is 32.2. The zero-order valence-electron chi connectivity index (χ0n) is 13.3. The van der Waals surface area contributed by atoms with Crippen molar-refractivity contribution in [2.75, 3.05) is 22.4 Å². The summed E-state index contributed by atoms with van der Waals surface area (Å²) < 4.78 is 38.8. The number of anilines is 2. The van der Waals surface area contributed by atoms with Crippen molar-refractivity contribution in [2.45, 2.75) is 13.3 Å². The lowest BCUT2D eigenvalue weighted by molar-refractivity contribution is 0.102. The molecule has 2 aromatic carbocycles. The monoisotopic (exact) mass is 348 g/mol. The van der Waals surface area contributed by atoms with E-state index in [0.29, 0.717) is 18.7 Å². The van der Waals surface area contributed by atoms with Crippen molar-refractivity contribution < 1.29 is 17.6 Å². The van der Waals surface area contributed by atoms with E-state index >= 15 is 0 Å². The molecule has 0 radical (unpaired) electrons. The molecular formula is C17H17FN2O3S. The van der Waals surface area contributed by atoms with Crippen molar-refractivity contribution in [3.63, 3.8) is 0 Å². The highest BCUT2D eigenvalue weighted by Gasteiger charge is 2.27. The molecule has 24 heavy (non-hydrogen) atoms. The van der Waals surface area contributed by atoms with Crippen molar-refractivity contribution in [1.82, 2.24) is 0 Å². The molecule has 1 amide bonds. The van der Waals surface area contributed by atoms with Gasteiger partial charge < -0.3 is 5.32 Å². The number of aryl methyl sites for hydroxylation is 1. The van der Waals surface area contributed by atoms with Crippen LogP contribution in [-0.4, -0.2) is 27.1 Å². The number of sulfonamides is 1. The van der Waals surface area contributed by atoms with Gasteiger partial charge in [0, 0.05) is 12.1 Å². The van der Waals surface area contributed by atoms with Crippen LogP contribution in [0.3, 0.4) is 0 Å². The smallest absolute Gasteiger partial charge is 0.255 e. The summed E-state index contributed by atoms with van der Waals surface area (Å²) in [7, 11) is -3.39. The average molecular weight is 348 g/mol. The second kappa shape index (κ2) is 5.90. The number of amides is 1. The predicted octanol–water partition coefficient (Wildman–Crippen LogP) is 2.71. The average Bonchev–Trinajstić information content (AvgIpc) is 2.93. The normalized spacial score (nSPS) is 13.7. The summed E-state index contributed by atoms with van der Waals surface area (Å²) in [6, 6.07) is 9.42. The van der Waals surface area contributed by atoms with Gasteiger partial charge in [-0.3, -0.25) is 9.10 Å². The van der Waals surface area contributed by atoms with Crippen molar-refractivity contribution in [3.8, 4) is 0 Å². The molecule has 0 saturated heterocycles. The maximum atomic E-state index is 13.9. The molecule has 0 saturated carbocycles. The van der Waals surface area contributed by atoms with Gasteiger partial charge in [0.2, 0.25) is 10.0 Å². The van der Waals surface area contributed by atoms with Gasteiger partial charge in [-0.05, 0) is 48.7 Å². The zero-order chi connectivity index (χ0) is 17.5. The summed E-state index contributed by atoms with van der Waals surface area (Å²) in [6.45, 7) is 2.13. The first-order chi connectivity index (χ1) is 11.3. The summed E-state index contributed by atoms with van der Waals surface area (Å²) in [5, 5.41) is 2.52. The van der Waals surface area contributed by atoms with E-state index in [2.05, 4.69) is 5.32 Å². The predicted molar refractivity (Wildman–Crippen MR) is 91.4 cm³/mol. The van der Waals surface area contributed by atoms with Crippen molar-refractivity contribution in [1.29, 1.82) is 0 Å². The minimum Gasteiger partial charge on any atom is -0.319 e. The molecule has 0 fully saturated rings. The quantitative estimate of drug-likeness (QED) is 0.927. The summed E-state index contributed by atoms with van der Waals surface area (Å²) in [5.41, 5.74) is 2.51. The van der Waals surface area contributed by atoms with Crippen LogP contribution in [0.2, 0.25) is 0 Å². The first kappa shape index (κ1) is 16.4. The number of hydrogen-bond acceptors (Lipinski definition) is 3. The maximum Gasteiger partial charge on any atom is 0.255 e. The Morgan fingerprint density at radius 2 is 1.96 bits per heavy atom. The van der Waals surface area contributed by atoms with E-state index in [4.69, 9.17) is 0 Å². The highest BCUT2D eigenvalue weighted by Crippen LogP contribution is 2.31. The molecule has 126 valence electrons. The van der Waals surface area contributed by atoms with Gasteiger partial charge in [0.15, 0.2) is 0 Å². The van der Waals surface area contributed by atoms with Crippen molar-refractivity contribution in [3.05, 3.63) is 58.9 Å². The number of nitrogens with one attached hydrogen (secondary N) is 1. The number of carbonyl (C=O) groups excluding carboxylic acids is 1. The van der Waals surface area contributed by atoms with E-state index in [0.717, 1.165) is 17.4 Å². The molecule has 5 nitrogen and oxygen atoms in total. The fourth-order valence-corrected chi connectivity index (χ4v) is 3.70. The molecule has 3 rings (SSSR count). The van der Waals surface area contributed by atoms with E-state index in [1.807, 2.05) is 0 Å². The number of rotatable bonds is 3. The summed E-state index contributed by atoms with van der Waals surface area (Å²) in [5.74, 6) is -0.997. The largest absolute Gasteiger partial charge is 0.319 e. The van der Waals surface area contributed by atoms with Crippen LogP contribution in [0.5, 0.6) is 0 Å². The maximum absolute atomic E-state index is 13.9. The lowest BCUT2D eigenvalue weighted by Crippen LogP contribution is -2.27. The molecule has 0 aliphatic carbocycles. The molecule has 2 aromatic rings.